The molecular formula is C22H17N3O6. The number of carbonyl (C=O) groups excluding carboxylic acids is 2. The summed E-state index contributed by atoms with van der Waals surface area (Å²) in [5, 5.41) is 25.5. The maximum absolute atomic E-state index is 12.6. The number of carboxylic acid groups (broad SMARTS) is 1. The van der Waals surface area contributed by atoms with E-state index in [0.29, 0.717) is 5.69 Å². The lowest BCUT2D eigenvalue weighted by Crippen LogP contribution is -2.17. The minimum atomic E-state index is -1.47. The number of aryl methyl sites for hydroxylation is 1. The number of para-hydroxylation sites is 1. The quantitative estimate of drug-likeness (QED) is 0.406. The van der Waals surface area contributed by atoms with E-state index in [1.54, 1.807) is 24.3 Å². The summed E-state index contributed by atoms with van der Waals surface area (Å²) in [6.45, 7) is 1.86. The Morgan fingerprint density at radius 2 is 1.61 bits per heavy atom. The lowest BCUT2D eigenvalue weighted by molar-refractivity contribution is -0.384. The molecule has 0 aromatic heterocycles. The highest BCUT2D eigenvalue weighted by atomic mass is 16.6. The number of nitrogens with zero attached hydrogens (tertiary/aromatic N) is 1. The van der Waals surface area contributed by atoms with Crippen LogP contribution < -0.4 is 10.6 Å². The van der Waals surface area contributed by atoms with E-state index in [1.807, 2.05) is 19.1 Å². The summed E-state index contributed by atoms with van der Waals surface area (Å²) < 4.78 is 0. The molecular weight excluding hydrogens is 402 g/mol. The molecule has 0 aliphatic carbocycles. The van der Waals surface area contributed by atoms with E-state index in [0.717, 1.165) is 23.8 Å². The van der Waals surface area contributed by atoms with Crippen molar-refractivity contribution in [2.45, 2.75) is 6.92 Å². The van der Waals surface area contributed by atoms with Gasteiger partial charge in [-0.25, -0.2) is 4.79 Å². The first kappa shape index (κ1) is 21.2. The van der Waals surface area contributed by atoms with Gasteiger partial charge in [0.05, 0.1) is 16.1 Å². The number of hydrogen-bond donors (Lipinski definition) is 3. The third-order valence-electron chi connectivity index (χ3n) is 4.46. The second-order valence-corrected chi connectivity index (χ2v) is 6.60. The van der Waals surface area contributed by atoms with Crippen molar-refractivity contribution in [1.82, 2.24) is 0 Å². The van der Waals surface area contributed by atoms with E-state index in [2.05, 4.69) is 10.6 Å². The van der Waals surface area contributed by atoms with Gasteiger partial charge in [0, 0.05) is 29.1 Å². The average Bonchev–Trinajstić information content (AvgIpc) is 2.75. The van der Waals surface area contributed by atoms with E-state index < -0.39 is 28.1 Å². The van der Waals surface area contributed by atoms with Crippen LogP contribution in [0.4, 0.5) is 17.1 Å². The number of aromatic carboxylic acids is 1. The molecule has 0 unspecified atom stereocenters. The highest BCUT2D eigenvalue weighted by molar-refractivity contribution is 6.11. The van der Waals surface area contributed by atoms with Crippen LogP contribution in [0.15, 0.2) is 66.7 Å². The molecule has 0 aliphatic heterocycles. The van der Waals surface area contributed by atoms with Crippen molar-refractivity contribution in [2.75, 3.05) is 10.6 Å². The fraction of sp³-hybridized carbons (Fsp3) is 0.0455. The predicted molar refractivity (Wildman–Crippen MR) is 114 cm³/mol. The Labute approximate surface area is 176 Å². The molecule has 0 heterocycles. The molecule has 0 spiro atoms. The Kier molecular flexibility index (Phi) is 6.06. The number of carboxylic acids is 1. The fourth-order valence-electron chi connectivity index (χ4n) is 2.86. The third kappa shape index (κ3) is 4.91. The SMILES string of the molecule is Cc1ccccc1NC(=O)c1cccc(NC(=O)c2ccc([N+](=O)[O-])cc2C(=O)O)c1. The molecule has 0 saturated heterocycles. The van der Waals surface area contributed by atoms with Crippen LogP contribution >= 0.6 is 0 Å². The Bertz CT molecular complexity index is 1210. The van der Waals surface area contributed by atoms with E-state index in [9.17, 15) is 29.6 Å². The fourth-order valence-corrected chi connectivity index (χ4v) is 2.86. The second-order valence-electron chi connectivity index (χ2n) is 6.60. The molecule has 0 atom stereocenters. The Morgan fingerprint density at radius 3 is 2.29 bits per heavy atom. The summed E-state index contributed by atoms with van der Waals surface area (Å²) in [5.74, 6) is -2.63. The van der Waals surface area contributed by atoms with Crippen LogP contribution in [0, 0.1) is 17.0 Å². The van der Waals surface area contributed by atoms with Crippen molar-refractivity contribution in [1.29, 1.82) is 0 Å². The number of nitro groups is 1. The van der Waals surface area contributed by atoms with Gasteiger partial charge < -0.3 is 15.7 Å². The molecule has 31 heavy (non-hydrogen) atoms. The number of amides is 2. The predicted octanol–water partition coefficient (Wildman–Crippen LogP) is 4.11. The van der Waals surface area contributed by atoms with Gasteiger partial charge >= 0.3 is 5.97 Å². The Balaban J connectivity index is 1.82. The minimum Gasteiger partial charge on any atom is -0.478 e. The number of non-ortho nitro benzene ring substituents is 1. The van der Waals surface area contributed by atoms with Gasteiger partial charge in [-0.3, -0.25) is 19.7 Å². The van der Waals surface area contributed by atoms with Crippen molar-refractivity contribution in [3.63, 3.8) is 0 Å². The van der Waals surface area contributed by atoms with Gasteiger partial charge in [0.1, 0.15) is 0 Å². The molecule has 0 bridgehead atoms. The summed E-state index contributed by atoms with van der Waals surface area (Å²) in [5.41, 5.74) is 0.899. The monoisotopic (exact) mass is 419 g/mol. The van der Waals surface area contributed by atoms with E-state index in [1.165, 1.54) is 12.1 Å². The standard InChI is InChI=1S/C22H17N3O6/c1-13-5-2-3-8-19(13)24-20(26)14-6-4-7-15(11-14)23-21(27)17-10-9-16(25(30)31)12-18(17)22(28)29/h2-12H,1H3,(H,23,27)(H,24,26)(H,28,29). The lowest BCUT2D eigenvalue weighted by Gasteiger charge is -2.11. The smallest absolute Gasteiger partial charge is 0.336 e. The lowest BCUT2D eigenvalue weighted by atomic mass is 10.1. The van der Waals surface area contributed by atoms with Gasteiger partial charge in [-0.1, -0.05) is 24.3 Å². The number of anilines is 2. The number of carbonyl (C=O) groups is 3. The first-order valence-corrected chi connectivity index (χ1v) is 9.06. The number of hydrogen-bond acceptors (Lipinski definition) is 5. The van der Waals surface area contributed by atoms with Gasteiger partial charge in [-0.15, -0.1) is 0 Å². The van der Waals surface area contributed by atoms with Gasteiger partial charge in [0.2, 0.25) is 0 Å². The van der Waals surface area contributed by atoms with Crippen LogP contribution in [0.3, 0.4) is 0 Å². The number of nitro benzene ring substituents is 1. The van der Waals surface area contributed by atoms with E-state index >= 15 is 0 Å². The summed E-state index contributed by atoms with van der Waals surface area (Å²) in [4.78, 5) is 46.7. The highest BCUT2D eigenvalue weighted by Gasteiger charge is 2.21. The molecule has 0 aliphatic rings. The zero-order valence-corrected chi connectivity index (χ0v) is 16.3. The molecule has 3 N–H and O–H groups in total. The number of rotatable bonds is 6. The maximum atomic E-state index is 12.6. The average molecular weight is 419 g/mol. The van der Waals surface area contributed by atoms with Crippen LogP contribution in [0.5, 0.6) is 0 Å². The zero-order valence-electron chi connectivity index (χ0n) is 16.3. The van der Waals surface area contributed by atoms with Gasteiger partial charge in [-0.05, 0) is 42.8 Å². The number of benzene rings is 3. The van der Waals surface area contributed by atoms with Crippen molar-refractivity contribution in [3.05, 3.63) is 99.1 Å². The van der Waals surface area contributed by atoms with Crippen molar-refractivity contribution >= 4 is 34.8 Å². The molecule has 9 nitrogen and oxygen atoms in total. The second kappa shape index (κ2) is 8.87. The number of nitrogens with one attached hydrogen (secondary N) is 2. The molecule has 156 valence electrons. The highest BCUT2D eigenvalue weighted by Crippen LogP contribution is 2.21. The molecule has 0 saturated carbocycles. The first-order chi connectivity index (χ1) is 14.8. The topological polar surface area (TPSA) is 139 Å². The Hall–Kier alpha value is -4.53. The molecule has 2 amide bonds. The molecule has 3 aromatic carbocycles. The molecule has 3 aromatic rings. The first-order valence-electron chi connectivity index (χ1n) is 9.06. The van der Waals surface area contributed by atoms with E-state index in [4.69, 9.17) is 0 Å². The van der Waals surface area contributed by atoms with Crippen LogP contribution in [-0.4, -0.2) is 27.8 Å². The van der Waals surface area contributed by atoms with Crippen molar-refractivity contribution in [3.8, 4) is 0 Å². The van der Waals surface area contributed by atoms with Crippen LogP contribution in [0.25, 0.3) is 0 Å². The normalized spacial score (nSPS) is 10.2. The van der Waals surface area contributed by atoms with E-state index in [-0.39, 0.29) is 22.7 Å². The minimum absolute atomic E-state index is 0.243. The van der Waals surface area contributed by atoms with Crippen LogP contribution in [-0.2, 0) is 0 Å². The van der Waals surface area contributed by atoms with Crippen LogP contribution in [0.1, 0.15) is 36.6 Å². The molecule has 0 fully saturated rings. The summed E-state index contributed by atoms with van der Waals surface area (Å²) in [7, 11) is 0. The van der Waals surface area contributed by atoms with Gasteiger partial charge in [0.15, 0.2) is 0 Å². The Morgan fingerprint density at radius 1 is 0.871 bits per heavy atom. The van der Waals surface area contributed by atoms with Crippen molar-refractivity contribution < 1.29 is 24.4 Å². The molecule has 0 radical (unpaired) electrons. The van der Waals surface area contributed by atoms with Gasteiger partial charge in [-0.2, -0.15) is 0 Å². The summed E-state index contributed by atoms with van der Waals surface area (Å²) >= 11 is 0. The zero-order chi connectivity index (χ0) is 22.5. The molecule has 3 rings (SSSR count). The van der Waals surface area contributed by atoms with Gasteiger partial charge in [0.25, 0.3) is 17.5 Å². The maximum Gasteiger partial charge on any atom is 0.336 e. The third-order valence-corrected chi connectivity index (χ3v) is 4.46. The summed E-state index contributed by atoms with van der Waals surface area (Å²) in [6, 6.07) is 16.3. The summed E-state index contributed by atoms with van der Waals surface area (Å²) in [6.07, 6.45) is 0. The van der Waals surface area contributed by atoms with Crippen LogP contribution in [0.2, 0.25) is 0 Å². The van der Waals surface area contributed by atoms with Crippen molar-refractivity contribution in [2.24, 2.45) is 0 Å². The molecule has 9 heteroatoms. The largest absolute Gasteiger partial charge is 0.478 e.